The van der Waals surface area contributed by atoms with E-state index < -0.39 is 0 Å². The van der Waals surface area contributed by atoms with E-state index in [0.29, 0.717) is 31.6 Å². The first-order valence-corrected chi connectivity index (χ1v) is 12.4. The van der Waals surface area contributed by atoms with Gasteiger partial charge in [-0.2, -0.15) is 0 Å². The number of aryl methyl sites for hydroxylation is 3. The van der Waals surface area contributed by atoms with Crippen molar-refractivity contribution >= 4 is 10.9 Å². The maximum absolute atomic E-state index is 12.9. The van der Waals surface area contributed by atoms with Crippen LogP contribution in [0.25, 0.3) is 10.9 Å². The summed E-state index contributed by atoms with van der Waals surface area (Å²) in [5.41, 5.74) is 3.83. The largest absolute Gasteiger partial charge is 0.396 e. The van der Waals surface area contributed by atoms with E-state index in [4.69, 9.17) is 0 Å². The summed E-state index contributed by atoms with van der Waals surface area (Å²) in [6.07, 6.45) is 3.23. The number of tetrazole rings is 1. The molecular weight excluding hydrogens is 440 g/mol. The Kier molecular flexibility index (Phi) is 8.39. The third kappa shape index (κ3) is 6.21. The number of aliphatic hydroxyl groups excluding tert-OH is 1. The molecule has 2 aromatic carbocycles. The Bertz CT molecular complexity index is 1280. The molecule has 35 heavy (non-hydrogen) atoms. The average Bonchev–Trinajstić information content (AvgIpc) is 3.33. The van der Waals surface area contributed by atoms with E-state index in [1.807, 2.05) is 48.0 Å². The van der Waals surface area contributed by atoms with Crippen molar-refractivity contribution in [1.29, 1.82) is 0 Å². The van der Waals surface area contributed by atoms with Gasteiger partial charge in [-0.3, -0.25) is 9.69 Å². The Morgan fingerprint density at radius 1 is 1.14 bits per heavy atom. The minimum absolute atomic E-state index is 0.0649. The van der Waals surface area contributed by atoms with Crippen molar-refractivity contribution in [2.45, 2.75) is 58.7 Å². The molecule has 2 aromatic heterocycles. The summed E-state index contributed by atoms with van der Waals surface area (Å²) in [6.45, 7) is 6.04. The van der Waals surface area contributed by atoms with E-state index in [-0.39, 0.29) is 18.2 Å². The van der Waals surface area contributed by atoms with Crippen molar-refractivity contribution in [3.05, 3.63) is 87.5 Å². The molecule has 184 valence electrons. The molecule has 0 aliphatic rings. The van der Waals surface area contributed by atoms with Crippen LogP contribution < -0.4 is 5.56 Å². The summed E-state index contributed by atoms with van der Waals surface area (Å²) in [5, 5.41) is 23.3. The van der Waals surface area contributed by atoms with Gasteiger partial charge in [-0.25, -0.2) is 4.68 Å². The molecule has 0 fully saturated rings. The molecule has 1 atom stereocenters. The highest BCUT2D eigenvalue weighted by atomic mass is 16.3. The fraction of sp³-hybridized carbons (Fsp3) is 0.407. The number of aromatic amines is 1. The summed E-state index contributed by atoms with van der Waals surface area (Å²) >= 11 is 0. The zero-order chi connectivity index (χ0) is 24.6. The van der Waals surface area contributed by atoms with Crippen LogP contribution in [-0.4, -0.2) is 48.3 Å². The van der Waals surface area contributed by atoms with E-state index in [2.05, 4.69) is 50.5 Å². The maximum atomic E-state index is 12.9. The summed E-state index contributed by atoms with van der Waals surface area (Å²) in [6, 6.07) is 18.2. The van der Waals surface area contributed by atoms with Crippen LogP contribution in [0.1, 0.15) is 54.7 Å². The van der Waals surface area contributed by atoms with Crippen LogP contribution in [0.5, 0.6) is 0 Å². The number of pyridine rings is 1. The molecule has 2 N–H and O–H groups in total. The highest BCUT2D eigenvalue weighted by Gasteiger charge is 2.26. The van der Waals surface area contributed by atoms with Crippen molar-refractivity contribution in [1.82, 2.24) is 30.1 Å². The number of fused-ring (bicyclic) bond motifs is 1. The van der Waals surface area contributed by atoms with Crippen molar-refractivity contribution < 1.29 is 5.11 Å². The zero-order valence-electron chi connectivity index (χ0n) is 20.5. The SMILES string of the molecule is CCC[C@@H](c1nnnn1CCc1ccccc1)N(CCCO)Cc1cc2cc(C)ccc2[nH]c1=O. The monoisotopic (exact) mass is 474 g/mol. The van der Waals surface area contributed by atoms with E-state index in [1.54, 1.807) is 0 Å². The number of hydrogen-bond donors (Lipinski definition) is 2. The van der Waals surface area contributed by atoms with Crippen LogP contribution in [0.4, 0.5) is 0 Å². The second-order valence-corrected chi connectivity index (χ2v) is 9.06. The lowest BCUT2D eigenvalue weighted by atomic mass is 10.1. The predicted octanol–water partition coefficient (Wildman–Crippen LogP) is 3.79. The first-order valence-electron chi connectivity index (χ1n) is 12.4. The van der Waals surface area contributed by atoms with Crippen LogP contribution in [0.3, 0.4) is 0 Å². The van der Waals surface area contributed by atoms with Gasteiger partial charge in [0.2, 0.25) is 0 Å². The molecule has 0 amide bonds. The van der Waals surface area contributed by atoms with Gasteiger partial charge < -0.3 is 10.1 Å². The van der Waals surface area contributed by atoms with Crippen LogP contribution in [-0.2, 0) is 19.5 Å². The summed E-state index contributed by atoms with van der Waals surface area (Å²) in [4.78, 5) is 18.2. The van der Waals surface area contributed by atoms with Gasteiger partial charge in [-0.1, -0.05) is 55.3 Å². The molecule has 0 saturated carbocycles. The summed E-state index contributed by atoms with van der Waals surface area (Å²) in [7, 11) is 0. The van der Waals surface area contributed by atoms with Crippen LogP contribution in [0, 0.1) is 6.92 Å². The Hall–Kier alpha value is -3.36. The lowest BCUT2D eigenvalue weighted by Crippen LogP contribution is -2.34. The van der Waals surface area contributed by atoms with Gasteiger partial charge in [0.1, 0.15) is 0 Å². The molecule has 0 saturated heterocycles. The highest BCUT2D eigenvalue weighted by Crippen LogP contribution is 2.26. The van der Waals surface area contributed by atoms with Crippen LogP contribution in [0.2, 0.25) is 0 Å². The van der Waals surface area contributed by atoms with Gasteiger partial charge in [0, 0.05) is 37.3 Å². The first-order chi connectivity index (χ1) is 17.1. The molecule has 0 radical (unpaired) electrons. The van der Waals surface area contributed by atoms with Crippen LogP contribution >= 0.6 is 0 Å². The Labute approximate surface area is 205 Å². The van der Waals surface area contributed by atoms with Crippen molar-refractivity contribution in [2.75, 3.05) is 13.2 Å². The quantitative estimate of drug-likeness (QED) is 0.324. The Morgan fingerprint density at radius 3 is 2.74 bits per heavy atom. The van der Waals surface area contributed by atoms with Gasteiger partial charge in [0.05, 0.1) is 6.04 Å². The minimum atomic E-state index is -0.0886. The second kappa shape index (κ2) is 11.9. The Morgan fingerprint density at radius 2 is 1.97 bits per heavy atom. The number of nitrogens with zero attached hydrogens (tertiary/aromatic N) is 5. The molecule has 0 bridgehead atoms. The molecule has 0 aliphatic heterocycles. The maximum Gasteiger partial charge on any atom is 0.252 e. The molecule has 4 aromatic rings. The normalized spacial score (nSPS) is 12.5. The highest BCUT2D eigenvalue weighted by molar-refractivity contribution is 5.79. The molecule has 0 unspecified atom stereocenters. The van der Waals surface area contributed by atoms with Crippen molar-refractivity contribution in [3.63, 3.8) is 0 Å². The third-order valence-corrected chi connectivity index (χ3v) is 6.37. The van der Waals surface area contributed by atoms with Crippen LogP contribution in [0.15, 0.2) is 59.4 Å². The Balaban J connectivity index is 1.63. The topological polar surface area (TPSA) is 99.9 Å². The number of aromatic nitrogens is 5. The molecule has 0 aliphatic carbocycles. The van der Waals surface area contributed by atoms with Gasteiger partial charge in [0.25, 0.3) is 5.56 Å². The van der Waals surface area contributed by atoms with Gasteiger partial charge in [-0.15, -0.1) is 5.10 Å². The molecule has 2 heterocycles. The molecular formula is C27H34N6O2. The smallest absolute Gasteiger partial charge is 0.252 e. The summed E-state index contributed by atoms with van der Waals surface area (Å²) in [5.74, 6) is 0.800. The van der Waals surface area contributed by atoms with E-state index in [1.165, 1.54) is 5.56 Å². The fourth-order valence-corrected chi connectivity index (χ4v) is 4.56. The number of aliphatic hydroxyl groups is 1. The molecule has 8 heteroatoms. The van der Waals surface area contributed by atoms with Gasteiger partial charge >= 0.3 is 0 Å². The number of benzene rings is 2. The fourth-order valence-electron chi connectivity index (χ4n) is 4.56. The van der Waals surface area contributed by atoms with Crippen molar-refractivity contribution in [2.24, 2.45) is 0 Å². The number of H-pyrrole nitrogens is 1. The molecule has 8 nitrogen and oxygen atoms in total. The predicted molar refractivity (Wildman–Crippen MR) is 137 cm³/mol. The minimum Gasteiger partial charge on any atom is -0.396 e. The first kappa shape index (κ1) is 24.8. The lowest BCUT2D eigenvalue weighted by Gasteiger charge is -2.30. The number of rotatable bonds is 12. The average molecular weight is 475 g/mol. The molecule has 4 rings (SSSR count). The van der Waals surface area contributed by atoms with Gasteiger partial charge in [0.15, 0.2) is 5.82 Å². The number of hydrogen-bond acceptors (Lipinski definition) is 6. The van der Waals surface area contributed by atoms with E-state index >= 15 is 0 Å². The summed E-state index contributed by atoms with van der Waals surface area (Å²) < 4.78 is 1.88. The second-order valence-electron chi connectivity index (χ2n) is 9.06. The van der Waals surface area contributed by atoms with Gasteiger partial charge in [-0.05, 0) is 65.8 Å². The molecule has 0 spiro atoms. The van der Waals surface area contributed by atoms with Crippen molar-refractivity contribution in [3.8, 4) is 0 Å². The number of nitrogens with one attached hydrogen (secondary N) is 1. The van der Waals surface area contributed by atoms with E-state index in [0.717, 1.165) is 41.6 Å². The zero-order valence-corrected chi connectivity index (χ0v) is 20.5. The third-order valence-electron chi connectivity index (χ3n) is 6.37. The standard InChI is InChI=1S/C27H34N6O2/c1-3-8-25(26-29-30-31-33(26)15-13-21-9-5-4-6-10-21)32(14-7-16-34)19-23-18-22-17-20(2)11-12-24(22)28-27(23)35/h4-6,9-12,17-18,25,34H,3,7-8,13-16,19H2,1-2H3,(H,28,35)/t25-/m0/s1. The van der Waals surface area contributed by atoms with E-state index in [9.17, 15) is 9.90 Å². The lowest BCUT2D eigenvalue weighted by molar-refractivity contribution is 0.147.